The molecule has 0 bridgehead atoms. The highest BCUT2D eigenvalue weighted by Gasteiger charge is 2.24. The highest BCUT2D eigenvalue weighted by Crippen LogP contribution is 2.20. The monoisotopic (exact) mass is 224 g/mol. The van der Waals surface area contributed by atoms with Gasteiger partial charge in [0, 0.05) is 11.0 Å². The fourth-order valence-corrected chi connectivity index (χ4v) is 2.42. The van der Waals surface area contributed by atoms with Gasteiger partial charge in [0.1, 0.15) is 12.4 Å². The van der Waals surface area contributed by atoms with Crippen molar-refractivity contribution in [3.8, 4) is 0 Å². The second kappa shape index (κ2) is 4.54. The summed E-state index contributed by atoms with van der Waals surface area (Å²) in [7, 11) is 4.43. The molecular formula is C14H23FN+. The van der Waals surface area contributed by atoms with Gasteiger partial charge in [-0.1, -0.05) is 32.9 Å². The van der Waals surface area contributed by atoms with E-state index < -0.39 is 0 Å². The molecule has 0 heterocycles. The van der Waals surface area contributed by atoms with Crippen LogP contribution in [0.15, 0.2) is 24.3 Å². The molecule has 2 heteroatoms. The molecule has 1 aromatic carbocycles. The topological polar surface area (TPSA) is 0 Å². The standard InChI is InChI=1S/C14H23FN/c1-14(2,3)11-16(4,5)10-12-6-8-13(15)9-7-12/h6-9H,10-11H2,1-5H3/q+1. The van der Waals surface area contributed by atoms with Crippen molar-refractivity contribution < 1.29 is 8.87 Å². The second-order valence-electron chi connectivity index (χ2n) is 6.44. The third kappa shape index (κ3) is 4.75. The number of hydrogen-bond acceptors (Lipinski definition) is 0. The van der Waals surface area contributed by atoms with E-state index >= 15 is 0 Å². The first-order valence-electron chi connectivity index (χ1n) is 5.74. The van der Waals surface area contributed by atoms with E-state index in [9.17, 15) is 4.39 Å². The summed E-state index contributed by atoms with van der Waals surface area (Å²) in [6.45, 7) is 8.79. The van der Waals surface area contributed by atoms with Crippen LogP contribution >= 0.6 is 0 Å². The summed E-state index contributed by atoms with van der Waals surface area (Å²) in [6, 6.07) is 6.81. The van der Waals surface area contributed by atoms with Crippen LogP contribution in [0.4, 0.5) is 4.39 Å². The predicted molar refractivity (Wildman–Crippen MR) is 66.5 cm³/mol. The van der Waals surface area contributed by atoms with Crippen molar-refractivity contribution in [3.63, 3.8) is 0 Å². The van der Waals surface area contributed by atoms with Crippen LogP contribution in [0.5, 0.6) is 0 Å². The minimum Gasteiger partial charge on any atom is -0.324 e. The van der Waals surface area contributed by atoms with Gasteiger partial charge in [-0.05, 0) is 12.1 Å². The molecule has 0 spiro atoms. The van der Waals surface area contributed by atoms with Crippen LogP contribution < -0.4 is 0 Å². The smallest absolute Gasteiger partial charge is 0.123 e. The zero-order chi connectivity index (χ0) is 12.4. The first-order chi connectivity index (χ1) is 7.18. The molecule has 0 aliphatic carbocycles. The van der Waals surface area contributed by atoms with Gasteiger partial charge in [-0.3, -0.25) is 0 Å². The third-order valence-electron chi connectivity index (χ3n) is 2.43. The van der Waals surface area contributed by atoms with E-state index in [1.807, 2.05) is 12.1 Å². The molecule has 0 fully saturated rings. The van der Waals surface area contributed by atoms with Crippen molar-refractivity contribution in [1.82, 2.24) is 0 Å². The highest BCUT2D eigenvalue weighted by molar-refractivity contribution is 5.14. The minimum absolute atomic E-state index is 0.162. The molecule has 0 saturated heterocycles. The van der Waals surface area contributed by atoms with Crippen LogP contribution in [0.3, 0.4) is 0 Å². The second-order valence-corrected chi connectivity index (χ2v) is 6.44. The van der Waals surface area contributed by atoms with Crippen molar-refractivity contribution >= 4 is 0 Å². The molecule has 0 unspecified atom stereocenters. The van der Waals surface area contributed by atoms with Crippen molar-refractivity contribution in [2.24, 2.45) is 5.41 Å². The first-order valence-corrected chi connectivity index (χ1v) is 5.74. The van der Waals surface area contributed by atoms with Crippen LogP contribution in [0.2, 0.25) is 0 Å². The summed E-state index contributed by atoms with van der Waals surface area (Å²) in [4.78, 5) is 0. The zero-order valence-electron chi connectivity index (χ0n) is 11.0. The number of nitrogens with zero attached hydrogens (tertiary/aromatic N) is 1. The molecule has 0 saturated carbocycles. The Bertz CT molecular complexity index is 333. The summed E-state index contributed by atoms with van der Waals surface area (Å²) in [6.07, 6.45) is 0. The van der Waals surface area contributed by atoms with Gasteiger partial charge in [-0.15, -0.1) is 0 Å². The van der Waals surface area contributed by atoms with Crippen molar-refractivity contribution in [2.75, 3.05) is 20.6 Å². The Morgan fingerprint density at radius 3 is 2.00 bits per heavy atom. The van der Waals surface area contributed by atoms with Crippen molar-refractivity contribution in [1.29, 1.82) is 0 Å². The van der Waals surface area contributed by atoms with Gasteiger partial charge in [-0.25, -0.2) is 4.39 Å². The lowest BCUT2D eigenvalue weighted by atomic mass is 9.95. The number of benzene rings is 1. The normalized spacial score (nSPS) is 12.9. The van der Waals surface area contributed by atoms with Crippen LogP contribution in [0, 0.1) is 11.2 Å². The Balaban J connectivity index is 2.69. The Morgan fingerprint density at radius 1 is 1.06 bits per heavy atom. The van der Waals surface area contributed by atoms with Gasteiger partial charge < -0.3 is 4.48 Å². The summed E-state index contributed by atoms with van der Waals surface area (Å²) in [5.74, 6) is -0.162. The molecule has 0 aliphatic heterocycles. The number of quaternary nitrogens is 1. The highest BCUT2D eigenvalue weighted by atomic mass is 19.1. The van der Waals surface area contributed by atoms with Crippen molar-refractivity contribution in [2.45, 2.75) is 27.3 Å². The molecule has 0 amide bonds. The third-order valence-corrected chi connectivity index (χ3v) is 2.43. The lowest BCUT2D eigenvalue weighted by Crippen LogP contribution is -2.44. The molecule has 1 nitrogen and oxygen atoms in total. The van der Waals surface area contributed by atoms with Gasteiger partial charge >= 0.3 is 0 Å². The summed E-state index contributed by atoms with van der Waals surface area (Å²) in [5, 5.41) is 0. The largest absolute Gasteiger partial charge is 0.324 e. The fourth-order valence-electron chi connectivity index (χ4n) is 2.42. The van der Waals surface area contributed by atoms with E-state index in [0.717, 1.165) is 17.6 Å². The number of hydrogen-bond donors (Lipinski definition) is 0. The van der Waals surface area contributed by atoms with E-state index in [-0.39, 0.29) is 5.82 Å². The maximum atomic E-state index is 12.8. The van der Waals surface area contributed by atoms with Gasteiger partial charge in [0.05, 0.1) is 20.6 Å². The van der Waals surface area contributed by atoms with Crippen LogP contribution in [-0.2, 0) is 6.54 Å². The quantitative estimate of drug-likeness (QED) is 0.690. The summed E-state index contributed by atoms with van der Waals surface area (Å²) >= 11 is 0. The number of halogens is 1. The molecule has 90 valence electrons. The molecule has 16 heavy (non-hydrogen) atoms. The average Bonchev–Trinajstić information content (AvgIpc) is 2.04. The minimum atomic E-state index is -0.162. The molecular weight excluding hydrogens is 201 g/mol. The molecule has 0 aromatic heterocycles. The van der Waals surface area contributed by atoms with E-state index in [1.165, 1.54) is 17.7 Å². The Labute approximate surface area is 98.5 Å². The van der Waals surface area contributed by atoms with E-state index in [2.05, 4.69) is 34.9 Å². The van der Waals surface area contributed by atoms with Gasteiger partial charge in [0.25, 0.3) is 0 Å². The Kier molecular flexibility index (Phi) is 3.74. The van der Waals surface area contributed by atoms with Gasteiger partial charge in [0.15, 0.2) is 0 Å². The summed E-state index contributed by atoms with van der Waals surface area (Å²) < 4.78 is 13.7. The van der Waals surface area contributed by atoms with Gasteiger partial charge in [0.2, 0.25) is 0 Å². The lowest BCUT2D eigenvalue weighted by molar-refractivity contribution is -0.909. The van der Waals surface area contributed by atoms with Gasteiger partial charge in [-0.2, -0.15) is 0 Å². The number of rotatable bonds is 3. The Hall–Kier alpha value is -0.890. The SMILES string of the molecule is CC(C)(C)C[N+](C)(C)Cc1ccc(F)cc1. The fraction of sp³-hybridized carbons (Fsp3) is 0.571. The molecule has 1 rings (SSSR count). The molecule has 0 atom stereocenters. The Morgan fingerprint density at radius 2 is 1.56 bits per heavy atom. The molecule has 0 radical (unpaired) electrons. The average molecular weight is 224 g/mol. The van der Waals surface area contributed by atoms with Crippen molar-refractivity contribution in [3.05, 3.63) is 35.6 Å². The lowest BCUT2D eigenvalue weighted by Gasteiger charge is -2.35. The van der Waals surface area contributed by atoms with E-state index in [1.54, 1.807) is 0 Å². The van der Waals surface area contributed by atoms with Crippen LogP contribution in [0.25, 0.3) is 0 Å². The van der Waals surface area contributed by atoms with E-state index in [0.29, 0.717) is 5.41 Å². The zero-order valence-corrected chi connectivity index (χ0v) is 11.0. The maximum absolute atomic E-state index is 12.8. The summed E-state index contributed by atoms with van der Waals surface area (Å²) in [5.41, 5.74) is 1.50. The first kappa shape index (κ1) is 13.2. The maximum Gasteiger partial charge on any atom is 0.123 e. The predicted octanol–water partition coefficient (Wildman–Crippen LogP) is 3.45. The van der Waals surface area contributed by atoms with Crippen LogP contribution in [-0.4, -0.2) is 25.1 Å². The molecule has 0 N–H and O–H groups in total. The van der Waals surface area contributed by atoms with E-state index in [4.69, 9.17) is 0 Å². The van der Waals surface area contributed by atoms with Crippen LogP contribution in [0.1, 0.15) is 26.3 Å². The molecule has 0 aliphatic rings. The molecule has 1 aromatic rings.